The van der Waals surface area contributed by atoms with Crippen molar-refractivity contribution in [3.63, 3.8) is 0 Å². The van der Waals surface area contributed by atoms with E-state index in [-0.39, 0.29) is 6.04 Å². The molecule has 0 heterocycles. The number of hydrogen-bond acceptors (Lipinski definition) is 3. The number of hydrogen-bond donors (Lipinski definition) is 2. The zero-order chi connectivity index (χ0) is 10.0. The van der Waals surface area contributed by atoms with Crippen LogP contribution in [0.1, 0.15) is 26.7 Å². The van der Waals surface area contributed by atoms with Crippen molar-refractivity contribution in [2.24, 2.45) is 23.5 Å². The summed E-state index contributed by atoms with van der Waals surface area (Å²) >= 11 is 5.18. The molecule has 0 spiro atoms. The molecular formula is C10H19NOS. The van der Waals surface area contributed by atoms with E-state index >= 15 is 0 Å². The molecule has 0 aromatic rings. The number of rotatable bonds is 5. The Bertz CT molecular complexity index is 193. The van der Waals surface area contributed by atoms with Crippen molar-refractivity contribution in [1.29, 1.82) is 0 Å². The van der Waals surface area contributed by atoms with Crippen LogP contribution < -0.4 is 5.73 Å². The summed E-state index contributed by atoms with van der Waals surface area (Å²) in [5.41, 5.74) is 5.68. The molecule has 1 saturated carbocycles. The van der Waals surface area contributed by atoms with Crippen LogP contribution in [0.4, 0.5) is 0 Å². The molecule has 1 aliphatic rings. The Morgan fingerprint density at radius 2 is 2.23 bits per heavy atom. The largest absolute Gasteiger partial charge is 0.396 e. The Labute approximate surface area is 85.5 Å². The minimum atomic E-state index is 0.0423. The predicted octanol–water partition coefficient (Wildman–Crippen LogP) is 1.36. The molecule has 3 heteroatoms. The van der Waals surface area contributed by atoms with E-state index in [1.54, 1.807) is 0 Å². The van der Waals surface area contributed by atoms with Crippen molar-refractivity contribution in [2.75, 3.05) is 6.61 Å². The topological polar surface area (TPSA) is 46.2 Å². The zero-order valence-electron chi connectivity index (χ0n) is 8.36. The van der Waals surface area contributed by atoms with Gasteiger partial charge in [-0.2, -0.15) is 0 Å². The number of aliphatic hydroxyl groups excluding tert-OH is 1. The molecule has 1 fully saturated rings. The van der Waals surface area contributed by atoms with Gasteiger partial charge in [0.25, 0.3) is 0 Å². The first-order valence-electron chi connectivity index (χ1n) is 4.95. The van der Waals surface area contributed by atoms with Gasteiger partial charge in [0.15, 0.2) is 0 Å². The summed E-state index contributed by atoms with van der Waals surface area (Å²) in [7, 11) is 0. The van der Waals surface area contributed by atoms with E-state index in [2.05, 4.69) is 6.92 Å². The first-order chi connectivity index (χ1) is 6.06. The Balaban J connectivity index is 2.24. The van der Waals surface area contributed by atoms with E-state index < -0.39 is 0 Å². The van der Waals surface area contributed by atoms with Gasteiger partial charge in [0.1, 0.15) is 0 Å². The van der Waals surface area contributed by atoms with Gasteiger partial charge in [0.2, 0.25) is 0 Å². The van der Waals surface area contributed by atoms with Gasteiger partial charge in [0.05, 0.1) is 0 Å². The highest BCUT2D eigenvalue weighted by Gasteiger charge is 2.40. The lowest BCUT2D eigenvalue weighted by Crippen LogP contribution is -2.25. The summed E-state index contributed by atoms with van der Waals surface area (Å²) < 4.78 is 0. The third-order valence-corrected chi connectivity index (χ3v) is 3.51. The van der Waals surface area contributed by atoms with Crippen LogP contribution in [0.25, 0.3) is 0 Å². The average Bonchev–Trinajstić information content (AvgIpc) is 2.82. The molecule has 0 aromatic heterocycles. The van der Waals surface area contributed by atoms with E-state index in [1.807, 2.05) is 6.92 Å². The lowest BCUT2D eigenvalue weighted by Gasteiger charge is -2.09. The van der Waals surface area contributed by atoms with Gasteiger partial charge in [-0.3, -0.25) is 0 Å². The maximum Gasteiger partial charge on any atom is 0.0459 e. The molecule has 4 atom stereocenters. The number of aliphatic hydroxyl groups is 1. The fourth-order valence-electron chi connectivity index (χ4n) is 1.78. The molecule has 4 unspecified atom stereocenters. The van der Waals surface area contributed by atoms with Crippen LogP contribution in [0.2, 0.25) is 0 Å². The van der Waals surface area contributed by atoms with Crippen LogP contribution in [0.15, 0.2) is 0 Å². The van der Waals surface area contributed by atoms with Crippen LogP contribution in [0, 0.1) is 17.8 Å². The minimum Gasteiger partial charge on any atom is -0.396 e. The predicted molar refractivity (Wildman–Crippen MR) is 58.7 cm³/mol. The van der Waals surface area contributed by atoms with Crippen molar-refractivity contribution in [3.8, 4) is 0 Å². The second-order valence-electron chi connectivity index (χ2n) is 4.28. The molecule has 1 aliphatic carbocycles. The third-order valence-electron chi connectivity index (χ3n) is 2.97. The van der Waals surface area contributed by atoms with Crippen LogP contribution in [-0.4, -0.2) is 22.6 Å². The standard InChI is InChI=1S/C10H19NOS/c1-6(5-12)9-3-8(9)4-10(13)7(2)11/h6-9,12H,3-5,11H2,1-2H3. The smallest absolute Gasteiger partial charge is 0.0459 e. The first kappa shape index (κ1) is 11.1. The van der Waals surface area contributed by atoms with E-state index in [1.165, 1.54) is 6.42 Å². The fraction of sp³-hybridized carbons (Fsp3) is 0.900. The summed E-state index contributed by atoms with van der Waals surface area (Å²) in [5, 5.41) is 8.95. The van der Waals surface area contributed by atoms with E-state index in [0.29, 0.717) is 24.4 Å². The number of nitrogens with two attached hydrogens (primary N) is 1. The normalized spacial score (nSPS) is 31.1. The third kappa shape index (κ3) is 3.01. The van der Waals surface area contributed by atoms with Gasteiger partial charge in [-0.15, -0.1) is 0 Å². The Morgan fingerprint density at radius 3 is 2.69 bits per heavy atom. The van der Waals surface area contributed by atoms with Crippen LogP contribution in [0.5, 0.6) is 0 Å². The van der Waals surface area contributed by atoms with Crippen molar-refractivity contribution >= 4 is 17.1 Å². The Kier molecular flexibility index (Phi) is 3.83. The summed E-state index contributed by atoms with van der Waals surface area (Å²) in [6.45, 7) is 4.33. The minimum absolute atomic E-state index is 0.0423. The SMILES string of the molecule is CC(N)C(=S)CC1CC1C(C)CO. The molecule has 13 heavy (non-hydrogen) atoms. The molecule has 76 valence electrons. The van der Waals surface area contributed by atoms with Crippen LogP contribution in [-0.2, 0) is 0 Å². The molecule has 0 aromatic carbocycles. The first-order valence-corrected chi connectivity index (χ1v) is 5.36. The van der Waals surface area contributed by atoms with Crippen LogP contribution in [0.3, 0.4) is 0 Å². The highest BCUT2D eigenvalue weighted by Crippen LogP contribution is 2.46. The van der Waals surface area contributed by atoms with Crippen molar-refractivity contribution in [1.82, 2.24) is 0 Å². The summed E-state index contributed by atoms with van der Waals surface area (Å²) in [4.78, 5) is 0.984. The van der Waals surface area contributed by atoms with E-state index in [0.717, 1.165) is 11.3 Å². The summed E-state index contributed by atoms with van der Waals surface area (Å²) in [6, 6.07) is 0.0423. The van der Waals surface area contributed by atoms with E-state index in [9.17, 15) is 0 Å². The van der Waals surface area contributed by atoms with E-state index in [4.69, 9.17) is 23.1 Å². The molecule has 2 nitrogen and oxygen atoms in total. The van der Waals surface area contributed by atoms with Crippen molar-refractivity contribution in [3.05, 3.63) is 0 Å². The maximum atomic E-state index is 8.95. The van der Waals surface area contributed by atoms with Gasteiger partial charge < -0.3 is 10.8 Å². The summed E-state index contributed by atoms with van der Waals surface area (Å²) in [5.74, 6) is 1.81. The quantitative estimate of drug-likeness (QED) is 0.660. The molecular weight excluding hydrogens is 182 g/mol. The highest BCUT2D eigenvalue weighted by molar-refractivity contribution is 7.80. The Hall–Kier alpha value is 0.01000. The van der Waals surface area contributed by atoms with Gasteiger partial charge in [-0.25, -0.2) is 0 Å². The van der Waals surface area contributed by atoms with Gasteiger partial charge in [-0.05, 0) is 37.5 Å². The lowest BCUT2D eigenvalue weighted by atomic mass is 10.0. The van der Waals surface area contributed by atoms with Gasteiger partial charge in [-0.1, -0.05) is 19.1 Å². The molecule has 3 N–H and O–H groups in total. The molecule has 0 saturated heterocycles. The lowest BCUT2D eigenvalue weighted by molar-refractivity contribution is 0.218. The zero-order valence-corrected chi connectivity index (χ0v) is 9.18. The van der Waals surface area contributed by atoms with Gasteiger partial charge in [0, 0.05) is 17.5 Å². The monoisotopic (exact) mass is 201 g/mol. The number of thiocarbonyl (C=S) groups is 1. The van der Waals surface area contributed by atoms with Crippen LogP contribution >= 0.6 is 12.2 Å². The Morgan fingerprint density at radius 1 is 1.62 bits per heavy atom. The second kappa shape index (κ2) is 4.49. The van der Waals surface area contributed by atoms with Gasteiger partial charge >= 0.3 is 0 Å². The molecule has 0 bridgehead atoms. The highest BCUT2D eigenvalue weighted by atomic mass is 32.1. The summed E-state index contributed by atoms with van der Waals surface area (Å²) in [6.07, 6.45) is 2.19. The van der Waals surface area contributed by atoms with Crippen molar-refractivity contribution in [2.45, 2.75) is 32.7 Å². The van der Waals surface area contributed by atoms with Crippen molar-refractivity contribution < 1.29 is 5.11 Å². The molecule has 1 rings (SSSR count). The fourth-order valence-corrected chi connectivity index (χ4v) is 2.00. The average molecular weight is 201 g/mol. The molecule has 0 radical (unpaired) electrons. The maximum absolute atomic E-state index is 8.95. The molecule has 0 aliphatic heterocycles. The second-order valence-corrected chi connectivity index (χ2v) is 4.80. The molecule has 0 amide bonds.